The molecule has 0 unspecified atom stereocenters. The van der Waals surface area contributed by atoms with Gasteiger partial charge in [-0.2, -0.15) is 0 Å². The molecular formula is C12H16N2OS. The zero-order valence-corrected chi connectivity index (χ0v) is 10.4. The Labute approximate surface area is 100 Å². The number of carbonyl (C=O) groups excluding carboxylic acids is 1. The molecule has 0 aliphatic carbocycles. The number of pyridine rings is 1. The predicted octanol–water partition coefficient (Wildman–Crippen LogP) is 2.17. The summed E-state index contributed by atoms with van der Waals surface area (Å²) >= 11 is 1.45. The van der Waals surface area contributed by atoms with Gasteiger partial charge in [-0.25, -0.2) is 4.98 Å². The lowest BCUT2D eigenvalue weighted by atomic mass is 10.3. The van der Waals surface area contributed by atoms with E-state index >= 15 is 0 Å². The number of nitrogens with zero attached hydrogens (tertiary/aromatic N) is 1. The third-order valence-corrected chi connectivity index (χ3v) is 3.02. The molecule has 1 aromatic heterocycles. The van der Waals surface area contributed by atoms with Crippen molar-refractivity contribution in [3.8, 4) is 0 Å². The Morgan fingerprint density at radius 3 is 3.00 bits per heavy atom. The molecule has 1 amide bonds. The first-order valence-corrected chi connectivity index (χ1v) is 5.99. The first-order valence-electron chi connectivity index (χ1n) is 5.11. The van der Waals surface area contributed by atoms with Crippen LogP contribution in [0, 0.1) is 6.92 Å². The van der Waals surface area contributed by atoms with Crippen LogP contribution < -0.4 is 5.32 Å². The van der Waals surface area contributed by atoms with Crippen molar-refractivity contribution >= 4 is 17.7 Å². The summed E-state index contributed by atoms with van der Waals surface area (Å²) in [5, 5.41) is 3.48. The van der Waals surface area contributed by atoms with Crippen molar-refractivity contribution in [1.82, 2.24) is 10.3 Å². The molecule has 0 aromatic carbocycles. The number of thioether (sulfide) groups is 1. The van der Waals surface area contributed by atoms with Crippen LogP contribution in [0.5, 0.6) is 0 Å². The molecule has 0 aliphatic rings. The summed E-state index contributed by atoms with van der Waals surface area (Å²) in [4.78, 5) is 15.8. The number of aromatic nitrogens is 1. The topological polar surface area (TPSA) is 42.0 Å². The van der Waals surface area contributed by atoms with Crippen molar-refractivity contribution < 1.29 is 4.79 Å². The molecule has 0 aliphatic heterocycles. The van der Waals surface area contributed by atoms with E-state index in [9.17, 15) is 4.79 Å². The van der Waals surface area contributed by atoms with Gasteiger partial charge in [-0.1, -0.05) is 23.9 Å². The van der Waals surface area contributed by atoms with E-state index in [1.54, 1.807) is 12.3 Å². The highest BCUT2D eigenvalue weighted by Gasteiger charge is 2.13. The van der Waals surface area contributed by atoms with Crippen LogP contribution in [-0.2, 0) is 4.79 Å². The van der Waals surface area contributed by atoms with Crippen LogP contribution in [0.3, 0.4) is 0 Å². The van der Waals surface area contributed by atoms with Crippen molar-refractivity contribution in [2.75, 3.05) is 6.54 Å². The van der Waals surface area contributed by atoms with E-state index in [1.807, 2.05) is 26.0 Å². The van der Waals surface area contributed by atoms with Crippen LogP contribution in [0.2, 0.25) is 0 Å². The SMILES string of the molecule is C=CCNC(=O)[C@H](C)Sc1ccc(C)cn1. The van der Waals surface area contributed by atoms with Crippen LogP contribution in [0.15, 0.2) is 36.0 Å². The fourth-order valence-electron chi connectivity index (χ4n) is 1.08. The molecule has 4 heteroatoms. The number of rotatable bonds is 5. The highest BCUT2D eigenvalue weighted by molar-refractivity contribution is 8.00. The lowest BCUT2D eigenvalue weighted by Crippen LogP contribution is -2.30. The molecule has 3 nitrogen and oxygen atoms in total. The minimum absolute atomic E-state index is 0.00674. The maximum atomic E-state index is 11.6. The van der Waals surface area contributed by atoms with Crippen molar-refractivity contribution in [2.24, 2.45) is 0 Å². The van der Waals surface area contributed by atoms with Crippen LogP contribution >= 0.6 is 11.8 Å². The van der Waals surface area contributed by atoms with Gasteiger partial charge in [0.2, 0.25) is 5.91 Å². The summed E-state index contributed by atoms with van der Waals surface area (Å²) in [6, 6.07) is 3.92. The van der Waals surface area contributed by atoms with Crippen LogP contribution in [-0.4, -0.2) is 22.7 Å². The summed E-state index contributed by atoms with van der Waals surface area (Å²) in [5.74, 6) is 0.00674. The van der Waals surface area contributed by atoms with Crippen molar-refractivity contribution in [1.29, 1.82) is 0 Å². The number of hydrogen-bond donors (Lipinski definition) is 1. The van der Waals surface area contributed by atoms with E-state index in [-0.39, 0.29) is 11.2 Å². The summed E-state index contributed by atoms with van der Waals surface area (Å²) in [6.45, 7) is 7.91. The molecule has 1 aromatic rings. The highest BCUT2D eigenvalue weighted by atomic mass is 32.2. The largest absolute Gasteiger partial charge is 0.352 e. The van der Waals surface area contributed by atoms with Crippen LogP contribution in [0.4, 0.5) is 0 Å². The molecule has 0 saturated heterocycles. The molecule has 16 heavy (non-hydrogen) atoms. The third-order valence-electron chi connectivity index (χ3n) is 1.97. The fraction of sp³-hybridized carbons (Fsp3) is 0.333. The molecule has 0 bridgehead atoms. The zero-order valence-electron chi connectivity index (χ0n) is 9.56. The Morgan fingerprint density at radius 1 is 1.69 bits per heavy atom. The van der Waals surface area contributed by atoms with Gasteiger partial charge in [-0.05, 0) is 25.5 Å². The highest BCUT2D eigenvalue weighted by Crippen LogP contribution is 2.20. The molecular weight excluding hydrogens is 220 g/mol. The molecule has 1 heterocycles. The molecule has 0 saturated carbocycles. The van der Waals surface area contributed by atoms with Gasteiger partial charge in [0.15, 0.2) is 0 Å². The Kier molecular flexibility index (Phi) is 5.05. The average Bonchev–Trinajstić information content (AvgIpc) is 2.29. The lowest BCUT2D eigenvalue weighted by Gasteiger charge is -2.10. The first-order chi connectivity index (χ1) is 7.63. The summed E-state index contributed by atoms with van der Waals surface area (Å²) in [5.41, 5.74) is 1.12. The molecule has 0 spiro atoms. The number of hydrogen-bond acceptors (Lipinski definition) is 3. The van der Waals surface area contributed by atoms with Gasteiger partial charge in [0.05, 0.1) is 10.3 Å². The number of aryl methyl sites for hydroxylation is 1. The van der Waals surface area contributed by atoms with Crippen molar-refractivity contribution in [3.05, 3.63) is 36.5 Å². The number of nitrogens with one attached hydrogen (secondary N) is 1. The van der Waals surface area contributed by atoms with E-state index in [2.05, 4.69) is 16.9 Å². The van der Waals surface area contributed by atoms with Crippen molar-refractivity contribution in [2.45, 2.75) is 24.1 Å². The quantitative estimate of drug-likeness (QED) is 0.629. The van der Waals surface area contributed by atoms with Gasteiger partial charge in [0, 0.05) is 12.7 Å². The molecule has 0 radical (unpaired) electrons. The smallest absolute Gasteiger partial charge is 0.233 e. The summed E-state index contributed by atoms with van der Waals surface area (Å²) in [6.07, 6.45) is 3.47. The van der Waals surface area contributed by atoms with E-state index < -0.39 is 0 Å². The minimum atomic E-state index is -0.143. The second kappa shape index (κ2) is 6.33. The normalized spacial score (nSPS) is 11.9. The lowest BCUT2D eigenvalue weighted by molar-refractivity contribution is -0.120. The Bertz CT molecular complexity index is 362. The van der Waals surface area contributed by atoms with E-state index in [0.717, 1.165) is 10.6 Å². The van der Waals surface area contributed by atoms with E-state index in [4.69, 9.17) is 0 Å². The van der Waals surface area contributed by atoms with Gasteiger partial charge in [-0.3, -0.25) is 4.79 Å². The Hall–Kier alpha value is -1.29. The first kappa shape index (κ1) is 12.8. The predicted molar refractivity (Wildman–Crippen MR) is 67.5 cm³/mol. The van der Waals surface area contributed by atoms with E-state index in [1.165, 1.54) is 11.8 Å². The van der Waals surface area contributed by atoms with Crippen molar-refractivity contribution in [3.63, 3.8) is 0 Å². The zero-order chi connectivity index (χ0) is 12.0. The van der Waals surface area contributed by atoms with Crippen LogP contribution in [0.25, 0.3) is 0 Å². The fourth-order valence-corrected chi connectivity index (χ4v) is 1.89. The van der Waals surface area contributed by atoms with Gasteiger partial charge in [0.1, 0.15) is 0 Å². The Balaban J connectivity index is 2.50. The maximum absolute atomic E-state index is 11.6. The Morgan fingerprint density at radius 2 is 2.44 bits per heavy atom. The minimum Gasteiger partial charge on any atom is -0.352 e. The van der Waals surface area contributed by atoms with Crippen LogP contribution in [0.1, 0.15) is 12.5 Å². The number of carbonyl (C=O) groups is 1. The second-order valence-electron chi connectivity index (χ2n) is 3.47. The van der Waals surface area contributed by atoms with Gasteiger partial charge in [0.25, 0.3) is 0 Å². The third kappa shape index (κ3) is 4.06. The van der Waals surface area contributed by atoms with Gasteiger partial charge in [-0.15, -0.1) is 6.58 Å². The molecule has 1 rings (SSSR count). The monoisotopic (exact) mass is 236 g/mol. The molecule has 86 valence electrons. The summed E-state index contributed by atoms with van der Waals surface area (Å²) in [7, 11) is 0. The average molecular weight is 236 g/mol. The van der Waals surface area contributed by atoms with Gasteiger partial charge >= 0.3 is 0 Å². The maximum Gasteiger partial charge on any atom is 0.233 e. The number of amides is 1. The second-order valence-corrected chi connectivity index (χ2v) is 4.83. The summed E-state index contributed by atoms with van der Waals surface area (Å²) < 4.78 is 0. The molecule has 0 fully saturated rings. The molecule has 1 atom stereocenters. The van der Waals surface area contributed by atoms with Gasteiger partial charge < -0.3 is 5.32 Å². The standard InChI is InChI=1S/C12H16N2OS/c1-4-7-13-12(15)10(3)16-11-6-5-9(2)8-14-11/h4-6,8,10H,1,7H2,2-3H3,(H,13,15)/t10-/m0/s1. The molecule has 1 N–H and O–H groups in total. The van der Waals surface area contributed by atoms with E-state index in [0.29, 0.717) is 6.54 Å².